The molecule has 0 fully saturated rings. The molecule has 3 nitrogen and oxygen atoms in total. The van der Waals surface area contributed by atoms with E-state index in [1.54, 1.807) is 12.1 Å². The first kappa shape index (κ1) is 11.5. The predicted molar refractivity (Wildman–Crippen MR) is 56.1 cm³/mol. The van der Waals surface area contributed by atoms with E-state index in [4.69, 9.17) is 4.74 Å². The number of hydrogen-bond donors (Lipinski definition) is 1. The number of ether oxygens (including phenoxy) is 1. The molecule has 1 N–H and O–H groups in total. The van der Waals surface area contributed by atoms with Crippen LogP contribution in [-0.4, -0.2) is 19.1 Å². The van der Waals surface area contributed by atoms with Gasteiger partial charge in [-0.2, -0.15) is 0 Å². The van der Waals surface area contributed by atoms with Gasteiger partial charge in [0.05, 0.1) is 6.61 Å². The zero-order valence-corrected chi connectivity index (χ0v) is 8.63. The van der Waals surface area contributed by atoms with Crippen LogP contribution in [0.15, 0.2) is 24.3 Å². The fourth-order valence-electron chi connectivity index (χ4n) is 1.01. The highest BCUT2D eigenvalue weighted by molar-refractivity contribution is 5.74. The Morgan fingerprint density at radius 3 is 2.67 bits per heavy atom. The van der Waals surface area contributed by atoms with Crippen LogP contribution >= 0.6 is 0 Å². The van der Waals surface area contributed by atoms with Crippen molar-refractivity contribution in [2.45, 2.75) is 13.3 Å². The first-order valence-electron chi connectivity index (χ1n) is 4.87. The summed E-state index contributed by atoms with van der Waals surface area (Å²) in [5.41, 5.74) is 0.699. The fraction of sp³-hybridized carbons (Fsp3) is 0.364. The van der Waals surface area contributed by atoms with E-state index in [-0.39, 0.29) is 18.3 Å². The molecule has 0 heterocycles. The lowest BCUT2D eigenvalue weighted by Gasteiger charge is -2.06. The van der Waals surface area contributed by atoms with Crippen LogP contribution in [0.25, 0.3) is 0 Å². The number of nitrogens with one attached hydrogen (secondary N) is 1. The molecule has 0 spiro atoms. The molecule has 0 radical (unpaired) electrons. The van der Waals surface area contributed by atoms with E-state index in [0.717, 1.165) is 6.42 Å². The van der Waals surface area contributed by atoms with Crippen molar-refractivity contribution in [3.05, 3.63) is 30.1 Å². The first-order chi connectivity index (χ1) is 7.22. The lowest BCUT2D eigenvalue weighted by Crippen LogP contribution is -2.17. The van der Waals surface area contributed by atoms with Gasteiger partial charge in [0.25, 0.3) is 0 Å². The zero-order chi connectivity index (χ0) is 11.1. The van der Waals surface area contributed by atoms with Crippen LogP contribution in [0.4, 0.5) is 10.1 Å². The van der Waals surface area contributed by atoms with Crippen molar-refractivity contribution in [2.75, 3.05) is 18.5 Å². The SMILES string of the molecule is CCCOC(=O)CNc1ccc(F)cc1. The molecule has 1 rings (SSSR count). The Balaban J connectivity index is 2.30. The van der Waals surface area contributed by atoms with Crippen LogP contribution < -0.4 is 5.32 Å². The number of esters is 1. The summed E-state index contributed by atoms with van der Waals surface area (Å²) >= 11 is 0. The van der Waals surface area contributed by atoms with Crippen molar-refractivity contribution in [1.29, 1.82) is 0 Å². The van der Waals surface area contributed by atoms with E-state index in [0.29, 0.717) is 12.3 Å². The van der Waals surface area contributed by atoms with E-state index < -0.39 is 0 Å². The second-order valence-corrected chi connectivity index (χ2v) is 3.08. The Morgan fingerprint density at radius 2 is 2.07 bits per heavy atom. The third-order valence-corrected chi connectivity index (χ3v) is 1.75. The summed E-state index contributed by atoms with van der Waals surface area (Å²) in [6.07, 6.45) is 0.808. The number of benzene rings is 1. The highest BCUT2D eigenvalue weighted by Gasteiger charge is 2.01. The van der Waals surface area contributed by atoms with Crippen LogP contribution in [0.2, 0.25) is 0 Å². The van der Waals surface area contributed by atoms with Crippen LogP contribution in [-0.2, 0) is 9.53 Å². The van der Waals surface area contributed by atoms with Crippen LogP contribution in [0.5, 0.6) is 0 Å². The summed E-state index contributed by atoms with van der Waals surface area (Å²) < 4.78 is 17.4. The largest absolute Gasteiger partial charge is 0.464 e. The maximum Gasteiger partial charge on any atom is 0.325 e. The summed E-state index contributed by atoms with van der Waals surface area (Å²) in [5, 5.41) is 2.84. The summed E-state index contributed by atoms with van der Waals surface area (Å²) in [6, 6.07) is 5.81. The number of anilines is 1. The summed E-state index contributed by atoms with van der Waals surface area (Å²) in [4.78, 5) is 11.1. The lowest BCUT2D eigenvalue weighted by molar-refractivity contribution is -0.141. The van der Waals surface area contributed by atoms with E-state index in [9.17, 15) is 9.18 Å². The van der Waals surface area contributed by atoms with E-state index in [1.807, 2.05) is 6.92 Å². The van der Waals surface area contributed by atoms with Crippen molar-refractivity contribution in [3.8, 4) is 0 Å². The Morgan fingerprint density at radius 1 is 1.40 bits per heavy atom. The molecular formula is C11H14FNO2. The minimum atomic E-state index is -0.304. The predicted octanol–water partition coefficient (Wildman–Crippen LogP) is 2.19. The Bertz CT molecular complexity index is 311. The minimum Gasteiger partial charge on any atom is -0.464 e. The highest BCUT2D eigenvalue weighted by atomic mass is 19.1. The molecule has 82 valence electrons. The second-order valence-electron chi connectivity index (χ2n) is 3.08. The van der Waals surface area contributed by atoms with Crippen LogP contribution in [0.1, 0.15) is 13.3 Å². The number of hydrogen-bond acceptors (Lipinski definition) is 3. The molecule has 15 heavy (non-hydrogen) atoms. The molecule has 0 bridgehead atoms. The molecule has 0 saturated heterocycles. The monoisotopic (exact) mass is 211 g/mol. The molecule has 1 aromatic carbocycles. The molecule has 0 amide bonds. The third-order valence-electron chi connectivity index (χ3n) is 1.75. The Kier molecular flexibility index (Phi) is 4.60. The molecule has 1 aromatic rings. The van der Waals surface area contributed by atoms with Crippen molar-refractivity contribution in [2.24, 2.45) is 0 Å². The molecule has 0 aliphatic heterocycles. The van der Waals surface area contributed by atoms with Crippen LogP contribution in [0, 0.1) is 5.82 Å². The Labute approximate surface area is 88.2 Å². The van der Waals surface area contributed by atoms with Crippen molar-refractivity contribution in [1.82, 2.24) is 0 Å². The molecule has 0 aromatic heterocycles. The average Bonchev–Trinajstić information content (AvgIpc) is 2.25. The van der Waals surface area contributed by atoms with Gasteiger partial charge in [0.2, 0.25) is 0 Å². The van der Waals surface area contributed by atoms with Crippen LogP contribution in [0.3, 0.4) is 0 Å². The van der Waals surface area contributed by atoms with Crippen molar-refractivity contribution in [3.63, 3.8) is 0 Å². The van der Waals surface area contributed by atoms with Gasteiger partial charge >= 0.3 is 5.97 Å². The van der Waals surface area contributed by atoms with Gasteiger partial charge in [-0.25, -0.2) is 4.39 Å². The normalized spacial score (nSPS) is 9.73. The number of carbonyl (C=O) groups is 1. The molecule has 0 unspecified atom stereocenters. The minimum absolute atomic E-state index is 0.103. The van der Waals surface area contributed by atoms with Gasteiger partial charge in [-0.3, -0.25) is 4.79 Å². The number of carbonyl (C=O) groups excluding carboxylic acids is 1. The van der Waals surface area contributed by atoms with Crippen molar-refractivity contribution < 1.29 is 13.9 Å². The lowest BCUT2D eigenvalue weighted by atomic mass is 10.3. The number of halogens is 1. The summed E-state index contributed by atoms with van der Waals surface area (Å²) in [6.45, 7) is 2.47. The topological polar surface area (TPSA) is 38.3 Å². The number of rotatable bonds is 5. The average molecular weight is 211 g/mol. The van der Waals surface area contributed by atoms with Gasteiger partial charge in [-0.1, -0.05) is 6.92 Å². The molecule has 0 aliphatic carbocycles. The van der Waals surface area contributed by atoms with E-state index >= 15 is 0 Å². The van der Waals surface area contributed by atoms with Crippen molar-refractivity contribution >= 4 is 11.7 Å². The van der Waals surface area contributed by atoms with Gasteiger partial charge < -0.3 is 10.1 Å². The maximum atomic E-state index is 12.5. The first-order valence-corrected chi connectivity index (χ1v) is 4.87. The Hall–Kier alpha value is -1.58. The van der Waals surface area contributed by atoms with Gasteiger partial charge in [0, 0.05) is 5.69 Å². The third kappa shape index (κ3) is 4.44. The zero-order valence-electron chi connectivity index (χ0n) is 8.63. The van der Waals surface area contributed by atoms with Gasteiger partial charge in [-0.05, 0) is 30.7 Å². The van der Waals surface area contributed by atoms with Gasteiger partial charge in [-0.15, -0.1) is 0 Å². The molecule has 0 aliphatic rings. The van der Waals surface area contributed by atoms with E-state index in [1.165, 1.54) is 12.1 Å². The molecular weight excluding hydrogens is 197 g/mol. The maximum absolute atomic E-state index is 12.5. The molecule has 0 atom stereocenters. The molecule has 4 heteroatoms. The standard InChI is InChI=1S/C11H14FNO2/c1-2-7-15-11(14)8-13-10-5-3-9(12)4-6-10/h3-6,13H,2,7-8H2,1H3. The van der Waals surface area contributed by atoms with Gasteiger partial charge in [0.15, 0.2) is 0 Å². The molecule has 0 saturated carbocycles. The van der Waals surface area contributed by atoms with E-state index in [2.05, 4.69) is 5.32 Å². The quantitative estimate of drug-likeness (QED) is 0.759. The second kappa shape index (κ2) is 6.01. The summed E-state index contributed by atoms with van der Waals surface area (Å²) in [7, 11) is 0. The van der Waals surface area contributed by atoms with Gasteiger partial charge in [0.1, 0.15) is 12.4 Å². The highest BCUT2D eigenvalue weighted by Crippen LogP contribution is 2.07. The summed E-state index contributed by atoms with van der Waals surface area (Å²) in [5.74, 6) is -0.602. The smallest absolute Gasteiger partial charge is 0.325 e. The fourth-order valence-corrected chi connectivity index (χ4v) is 1.01.